The molecule has 0 aliphatic heterocycles. The smallest absolute Gasteiger partial charge is 0.306 e. The van der Waals surface area contributed by atoms with Crippen LogP contribution in [-0.4, -0.2) is 70.0 Å². The molecule has 71 heavy (non-hydrogen) atoms. The zero-order valence-electron chi connectivity index (χ0n) is 47.2. The van der Waals surface area contributed by atoms with Gasteiger partial charge in [0.2, 0.25) is 0 Å². The lowest BCUT2D eigenvalue weighted by atomic mass is 10.0. The summed E-state index contributed by atoms with van der Waals surface area (Å²) in [5.74, 6) is -0.832. The summed E-state index contributed by atoms with van der Waals surface area (Å²) < 4.78 is 33.9. The minimum Gasteiger partial charge on any atom is -0.756 e. The minimum atomic E-state index is -4.62. The Kier molecular flexibility index (Phi) is 51.3. The van der Waals surface area contributed by atoms with E-state index >= 15 is 0 Å². The van der Waals surface area contributed by atoms with E-state index in [1.54, 1.807) is 0 Å². The Morgan fingerprint density at radius 2 is 0.803 bits per heavy atom. The maximum Gasteiger partial charge on any atom is 0.306 e. The third-order valence-electron chi connectivity index (χ3n) is 13.1. The molecule has 0 fully saturated rings. The fraction of sp³-hybridized carbons (Fsp3) is 0.836. The summed E-state index contributed by atoms with van der Waals surface area (Å²) in [6.07, 6.45) is 66.8. The molecular weight excluding hydrogens is 906 g/mol. The average Bonchev–Trinajstić information content (AvgIpc) is 3.33. The first-order chi connectivity index (χ1) is 34.5. The lowest BCUT2D eigenvalue weighted by Crippen LogP contribution is -2.37. The molecule has 0 bridgehead atoms. The van der Waals surface area contributed by atoms with E-state index in [9.17, 15) is 19.0 Å². The van der Waals surface area contributed by atoms with Gasteiger partial charge in [0.1, 0.15) is 19.8 Å². The van der Waals surface area contributed by atoms with E-state index in [-0.39, 0.29) is 32.0 Å². The number of carbonyl (C=O) groups excluding carboxylic acids is 2. The topological polar surface area (TPSA) is 111 Å². The summed E-state index contributed by atoms with van der Waals surface area (Å²) in [7, 11) is 1.18. The predicted octanol–water partition coefficient (Wildman–Crippen LogP) is 17.9. The van der Waals surface area contributed by atoms with Crippen molar-refractivity contribution in [1.82, 2.24) is 0 Å². The number of quaternary nitrogens is 1. The zero-order chi connectivity index (χ0) is 52.0. The molecule has 0 aliphatic carbocycles. The van der Waals surface area contributed by atoms with Crippen LogP contribution >= 0.6 is 7.82 Å². The molecule has 0 N–H and O–H groups in total. The van der Waals surface area contributed by atoms with Gasteiger partial charge in [-0.15, -0.1) is 0 Å². The summed E-state index contributed by atoms with van der Waals surface area (Å²) in [6.45, 7) is 4.07. The second-order valence-corrected chi connectivity index (χ2v) is 22.8. The second kappa shape index (κ2) is 52.8. The third-order valence-corrected chi connectivity index (χ3v) is 14.1. The average molecular weight is 1020 g/mol. The number of phosphoric ester groups is 1. The van der Waals surface area contributed by atoms with Crippen molar-refractivity contribution in [2.45, 2.75) is 283 Å². The zero-order valence-corrected chi connectivity index (χ0v) is 48.1. The summed E-state index contributed by atoms with van der Waals surface area (Å²) in [6, 6.07) is 0. The van der Waals surface area contributed by atoms with E-state index in [1.165, 1.54) is 180 Å². The molecular formula is C61H114NO8P. The van der Waals surface area contributed by atoms with Gasteiger partial charge in [-0.2, -0.15) is 0 Å². The van der Waals surface area contributed by atoms with Crippen LogP contribution in [0.5, 0.6) is 0 Å². The molecule has 0 amide bonds. The van der Waals surface area contributed by atoms with Gasteiger partial charge < -0.3 is 27.9 Å². The number of ether oxygens (including phenoxy) is 2. The number of phosphoric acid groups is 1. The largest absolute Gasteiger partial charge is 0.756 e. The van der Waals surface area contributed by atoms with Crippen LogP contribution in [-0.2, 0) is 32.7 Å². The second-order valence-electron chi connectivity index (χ2n) is 21.3. The molecule has 0 aromatic rings. The van der Waals surface area contributed by atoms with E-state index in [4.69, 9.17) is 18.5 Å². The minimum absolute atomic E-state index is 0.0281. The maximum absolute atomic E-state index is 12.7. The van der Waals surface area contributed by atoms with Crippen LogP contribution < -0.4 is 4.89 Å². The normalized spacial score (nSPS) is 13.6. The SMILES string of the molecule is CC/C=C\C/C=C\C/C=C\C/C=C\CCCCCCCCCCCCCCCCCCCCCCCCCCCCCCC(=O)OC(COC(=O)CCCCCCCC)COP(=O)([O-])OCC[N+](C)(C)C. The monoisotopic (exact) mass is 1020 g/mol. The Morgan fingerprint density at radius 3 is 1.20 bits per heavy atom. The summed E-state index contributed by atoms with van der Waals surface area (Å²) >= 11 is 0. The fourth-order valence-corrected chi connectivity index (χ4v) is 9.26. The fourth-order valence-electron chi connectivity index (χ4n) is 8.53. The highest BCUT2D eigenvalue weighted by Gasteiger charge is 2.22. The van der Waals surface area contributed by atoms with Crippen molar-refractivity contribution in [3.8, 4) is 0 Å². The number of unbranched alkanes of at least 4 members (excludes halogenated alkanes) is 33. The number of likely N-dealkylation sites (N-methyl/N-ethyl adjacent to an activating group) is 1. The molecule has 9 nitrogen and oxygen atoms in total. The number of hydrogen-bond donors (Lipinski definition) is 0. The van der Waals surface area contributed by atoms with Gasteiger partial charge in [0.05, 0.1) is 27.7 Å². The van der Waals surface area contributed by atoms with Gasteiger partial charge in [0.25, 0.3) is 7.82 Å². The number of esters is 2. The first kappa shape index (κ1) is 69.0. The van der Waals surface area contributed by atoms with Crippen LogP contribution in [0.25, 0.3) is 0 Å². The van der Waals surface area contributed by atoms with Crippen molar-refractivity contribution in [1.29, 1.82) is 0 Å². The molecule has 0 aliphatic rings. The molecule has 10 heteroatoms. The highest BCUT2D eigenvalue weighted by atomic mass is 31.2. The van der Waals surface area contributed by atoms with Gasteiger partial charge in [0.15, 0.2) is 6.10 Å². The molecule has 0 saturated heterocycles. The van der Waals surface area contributed by atoms with Crippen LogP contribution in [0.3, 0.4) is 0 Å². The van der Waals surface area contributed by atoms with Crippen LogP contribution in [0.1, 0.15) is 277 Å². The highest BCUT2D eigenvalue weighted by molar-refractivity contribution is 7.45. The Bertz CT molecular complexity index is 1340. The van der Waals surface area contributed by atoms with Gasteiger partial charge in [0, 0.05) is 12.8 Å². The molecule has 2 unspecified atom stereocenters. The van der Waals surface area contributed by atoms with Crippen molar-refractivity contribution in [3.05, 3.63) is 48.6 Å². The molecule has 2 atom stereocenters. The molecule has 0 rings (SSSR count). The molecule has 0 spiro atoms. The summed E-state index contributed by atoms with van der Waals surface area (Å²) in [4.78, 5) is 37.4. The van der Waals surface area contributed by atoms with Crippen LogP contribution in [0.15, 0.2) is 48.6 Å². The van der Waals surface area contributed by atoms with Gasteiger partial charge in [-0.1, -0.05) is 262 Å². The molecule has 0 radical (unpaired) electrons. The maximum atomic E-state index is 12.7. The van der Waals surface area contributed by atoms with E-state index < -0.39 is 26.5 Å². The molecule has 0 saturated carbocycles. The van der Waals surface area contributed by atoms with Gasteiger partial charge in [-0.3, -0.25) is 14.2 Å². The van der Waals surface area contributed by atoms with E-state index in [0.29, 0.717) is 17.4 Å². The van der Waals surface area contributed by atoms with Crippen molar-refractivity contribution in [3.63, 3.8) is 0 Å². The number of rotatable bonds is 55. The molecule has 0 heterocycles. The van der Waals surface area contributed by atoms with E-state index in [1.807, 2.05) is 21.1 Å². The molecule has 0 aromatic heterocycles. The lowest BCUT2D eigenvalue weighted by Gasteiger charge is -2.28. The van der Waals surface area contributed by atoms with Crippen molar-refractivity contribution >= 4 is 19.8 Å². The quantitative estimate of drug-likeness (QED) is 0.0195. The molecule has 416 valence electrons. The first-order valence-electron chi connectivity index (χ1n) is 29.8. The van der Waals surface area contributed by atoms with Crippen LogP contribution in [0.2, 0.25) is 0 Å². The number of carbonyl (C=O) groups is 2. The predicted molar refractivity (Wildman–Crippen MR) is 300 cm³/mol. The highest BCUT2D eigenvalue weighted by Crippen LogP contribution is 2.38. The van der Waals surface area contributed by atoms with Crippen LogP contribution in [0, 0.1) is 0 Å². The van der Waals surface area contributed by atoms with Crippen LogP contribution in [0.4, 0.5) is 0 Å². The van der Waals surface area contributed by atoms with Gasteiger partial charge >= 0.3 is 11.9 Å². The number of allylic oxidation sites excluding steroid dienone is 8. The van der Waals surface area contributed by atoms with Gasteiger partial charge in [-0.25, -0.2) is 0 Å². The lowest BCUT2D eigenvalue weighted by molar-refractivity contribution is -0.870. The van der Waals surface area contributed by atoms with E-state index in [0.717, 1.165) is 64.2 Å². The Labute approximate surface area is 439 Å². The molecule has 0 aromatic carbocycles. The summed E-state index contributed by atoms with van der Waals surface area (Å²) in [5.41, 5.74) is 0. The Balaban J connectivity index is 3.71. The first-order valence-corrected chi connectivity index (χ1v) is 31.3. The Morgan fingerprint density at radius 1 is 0.451 bits per heavy atom. The van der Waals surface area contributed by atoms with Crippen molar-refractivity contribution in [2.24, 2.45) is 0 Å². The Hall–Kier alpha value is -2.03. The standard InChI is InChI=1S/C61H114NO8P/c1-6-8-10-12-14-15-16-17-18-19-20-21-22-23-24-25-26-27-28-29-30-31-32-33-34-35-36-37-38-39-40-41-42-43-44-45-46-47-48-50-52-54-61(64)70-59(57-67-60(63)53-51-49-13-11-9-7-2)58-69-71(65,66)68-56-55-62(3,4)5/h8,10,14-15,17-18,20-21,59H,6-7,9,11-13,16,19,22-58H2,1-5H3/b10-8-,15-14-,18-17-,21-20-. The number of nitrogens with zero attached hydrogens (tertiary/aromatic N) is 1. The third kappa shape index (κ3) is 57.1. The van der Waals surface area contributed by atoms with Crippen molar-refractivity contribution in [2.75, 3.05) is 47.5 Å². The van der Waals surface area contributed by atoms with Gasteiger partial charge in [-0.05, 0) is 51.4 Å². The van der Waals surface area contributed by atoms with E-state index in [2.05, 4.69) is 62.5 Å². The number of hydrogen-bond acceptors (Lipinski definition) is 8. The van der Waals surface area contributed by atoms with Crippen molar-refractivity contribution < 1.29 is 42.1 Å². The summed E-state index contributed by atoms with van der Waals surface area (Å²) in [5, 5.41) is 0.